The van der Waals surface area contributed by atoms with E-state index in [2.05, 4.69) is 169 Å². The fraction of sp³-hybridized carbons (Fsp3) is 0.286. The molecule has 2 aliphatic carbocycles. The van der Waals surface area contributed by atoms with Gasteiger partial charge < -0.3 is 0 Å². The molecule has 0 saturated carbocycles. The first-order chi connectivity index (χ1) is 29.2. The minimum absolute atomic E-state index is 0.0687. The molecule has 305 valence electrons. The number of halogens is 2. The van der Waals surface area contributed by atoms with E-state index in [-0.39, 0.29) is 7.25 Å². The molecular weight excluding hydrogens is 863 g/mol. The number of fused-ring (bicyclic) bond motifs is 5. The zero-order valence-corrected chi connectivity index (χ0v) is 41.8. The molecule has 3 aliphatic rings. The number of hydrogen-bond donors (Lipinski definition) is 0. The van der Waals surface area contributed by atoms with E-state index in [1.54, 1.807) is 0 Å². The molecule has 60 heavy (non-hydrogen) atoms. The summed E-state index contributed by atoms with van der Waals surface area (Å²) in [5, 5.41) is 3.00. The van der Waals surface area contributed by atoms with Gasteiger partial charge in [0.15, 0.2) is 0 Å². The quantitative estimate of drug-likeness (QED) is 0.101. The molecular formula is C56H59Cl2SiZr. The van der Waals surface area contributed by atoms with Crippen molar-refractivity contribution in [2.75, 3.05) is 0 Å². The SMILES string of the molecule is CCCC1=Cc2c(ccc(CC)c2-c2ccccc2CC)[CH]1[Zr]([Cl])([Cl])([c]1cccc2c1[SiH2]c1ccccc1-2)[CH]1C(CCC)=Cc2c1ccc(CC)c2-c1ccccc1CC. The van der Waals surface area contributed by atoms with Crippen LogP contribution in [0.4, 0.5) is 0 Å². The first-order valence-electron chi connectivity index (χ1n) is 22.9. The number of hydrogen-bond acceptors (Lipinski definition) is 0. The van der Waals surface area contributed by atoms with Gasteiger partial charge in [0.25, 0.3) is 0 Å². The molecule has 6 aromatic rings. The van der Waals surface area contributed by atoms with Gasteiger partial charge in [0.05, 0.1) is 0 Å². The van der Waals surface area contributed by atoms with Gasteiger partial charge in [-0.1, -0.05) is 0 Å². The van der Waals surface area contributed by atoms with Gasteiger partial charge in [-0.25, -0.2) is 0 Å². The van der Waals surface area contributed by atoms with Gasteiger partial charge >= 0.3 is 373 Å². The summed E-state index contributed by atoms with van der Waals surface area (Å²) in [6, 6.07) is 44.2. The molecule has 9 rings (SSSR count). The van der Waals surface area contributed by atoms with Gasteiger partial charge in [0.1, 0.15) is 0 Å². The van der Waals surface area contributed by atoms with Crippen molar-refractivity contribution in [3.63, 3.8) is 0 Å². The molecule has 4 heteroatoms. The van der Waals surface area contributed by atoms with E-state index in [9.17, 15) is 17.0 Å². The Morgan fingerprint density at radius 2 is 0.917 bits per heavy atom. The Bertz CT molecular complexity index is 2580. The Morgan fingerprint density at radius 1 is 0.467 bits per heavy atom. The van der Waals surface area contributed by atoms with Crippen molar-refractivity contribution < 1.29 is 16.4 Å². The van der Waals surface area contributed by atoms with Gasteiger partial charge in [-0.2, -0.15) is 0 Å². The Morgan fingerprint density at radius 3 is 1.40 bits per heavy atom. The van der Waals surface area contributed by atoms with Crippen molar-refractivity contribution in [2.45, 2.75) is 100 Å². The predicted octanol–water partition coefficient (Wildman–Crippen LogP) is 13.9. The van der Waals surface area contributed by atoms with Crippen molar-refractivity contribution in [3.05, 3.63) is 171 Å². The number of allylic oxidation sites excluding steroid dienone is 2. The van der Waals surface area contributed by atoms with E-state index in [4.69, 9.17) is 0 Å². The molecule has 2 unspecified atom stereocenters. The first kappa shape index (κ1) is 41.8. The molecule has 0 amide bonds. The number of benzene rings is 6. The molecule has 0 fully saturated rings. The van der Waals surface area contributed by atoms with Gasteiger partial charge in [-0.3, -0.25) is 0 Å². The van der Waals surface area contributed by atoms with Crippen LogP contribution in [0.25, 0.3) is 45.5 Å². The topological polar surface area (TPSA) is 0 Å². The second-order valence-corrected chi connectivity index (χ2v) is 40.0. The van der Waals surface area contributed by atoms with Crippen LogP contribution >= 0.6 is 17.0 Å². The van der Waals surface area contributed by atoms with Crippen molar-refractivity contribution in [1.29, 1.82) is 0 Å². The number of rotatable bonds is 13. The Kier molecular flexibility index (Phi) is 11.6. The van der Waals surface area contributed by atoms with Crippen LogP contribution in [0.2, 0.25) is 0 Å². The third-order valence-corrected chi connectivity index (χ3v) is 37.1. The average Bonchev–Trinajstić information content (AvgIpc) is 3.98. The van der Waals surface area contributed by atoms with Gasteiger partial charge in [-0.15, -0.1) is 0 Å². The third kappa shape index (κ3) is 6.45. The van der Waals surface area contributed by atoms with Crippen LogP contribution in [-0.2, 0) is 42.1 Å². The zero-order valence-electron chi connectivity index (χ0n) is 36.4. The molecule has 0 aromatic heterocycles. The van der Waals surface area contributed by atoms with Crippen LogP contribution in [0, 0.1) is 0 Å². The Labute approximate surface area is 370 Å². The molecule has 2 atom stereocenters. The molecule has 6 aromatic carbocycles. The van der Waals surface area contributed by atoms with Crippen molar-refractivity contribution >= 4 is 52.3 Å². The molecule has 0 bridgehead atoms. The fourth-order valence-corrected chi connectivity index (χ4v) is 39.8. The van der Waals surface area contributed by atoms with Gasteiger partial charge in [0, 0.05) is 0 Å². The summed E-state index contributed by atoms with van der Waals surface area (Å²) in [5.41, 5.74) is 22.1. The van der Waals surface area contributed by atoms with E-state index in [0.717, 1.165) is 51.4 Å². The third-order valence-electron chi connectivity index (χ3n) is 14.4. The summed E-state index contributed by atoms with van der Waals surface area (Å²) < 4.78 is 1.19. The average molecular weight is 922 g/mol. The summed E-state index contributed by atoms with van der Waals surface area (Å²) >= 11 is -5.65. The van der Waals surface area contributed by atoms with Crippen LogP contribution in [0.5, 0.6) is 0 Å². The maximum absolute atomic E-state index is 9.45. The van der Waals surface area contributed by atoms with Crippen molar-refractivity contribution in [2.24, 2.45) is 0 Å². The molecule has 0 radical (unpaired) electrons. The first-order valence-corrected chi connectivity index (χ1v) is 34.7. The second-order valence-electron chi connectivity index (χ2n) is 17.6. The van der Waals surface area contributed by atoms with E-state index in [1.165, 1.54) is 103 Å². The van der Waals surface area contributed by atoms with E-state index >= 15 is 0 Å². The standard InChI is InChI=1S/2C22H25.C12H9Si.2ClH.Zr/c2*1-4-9-16-14-19-13-12-18(6-3)22(21(19)15-16)20-11-8-7-10-17(20)5-2;1-3-7-11-9(5-1)10-6-2-4-8-12(10)13-11;;;/h2*7-8,10-15H,4-6,9H2,1-3H3;1-7H,13H2;2*1H;/q;;;;;+2/p-2. The van der Waals surface area contributed by atoms with E-state index in [1.807, 2.05) is 0 Å². The molecule has 1 heterocycles. The van der Waals surface area contributed by atoms with E-state index < -0.39 is 25.9 Å². The van der Waals surface area contributed by atoms with Gasteiger partial charge in [0.2, 0.25) is 0 Å². The Hall–Kier alpha value is -3.52. The van der Waals surface area contributed by atoms with Gasteiger partial charge in [-0.05, 0) is 0 Å². The van der Waals surface area contributed by atoms with Crippen LogP contribution < -0.4 is 13.6 Å². The molecule has 0 spiro atoms. The van der Waals surface area contributed by atoms with Crippen LogP contribution in [0.15, 0.2) is 126 Å². The summed E-state index contributed by atoms with van der Waals surface area (Å²) in [6.45, 7) is 13.9. The summed E-state index contributed by atoms with van der Waals surface area (Å²) in [6.07, 6.45) is 13.1. The molecule has 0 N–H and O–H groups in total. The molecule has 1 aliphatic heterocycles. The second kappa shape index (κ2) is 16.6. The molecule has 0 nitrogen and oxygen atoms in total. The zero-order chi connectivity index (χ0) is 41.8. The van der Waals surface area contributed by atoms with Crippen molar-refractivity contribution in [1.82, 2.24) is 0 Å². The summed E-state index contributed by atoms with van der Waals surface area (Å²) in [4.78, 5) is 0. The van der Waals surface area contributed by atoms with E-state index in [0.29, 0.717) is 0 Å². The normalized spacial score (nSPS) is 17.4. The van der Waals surface area contributed by atoms with Crippen molar-refractivity contribution in [3.8, 4) is 33.4 Å². The molecule has 0 saturated heterocycles. The minimum atomic E-state index is -5.65. The predicted molar refractivity (Wildman–Crippen MR) is 264 cm³/mol. The fourth-order valence-electron chi connectivity index (χ4n) is 11.8. The summed E-state index contributed by atoms with van der Waals surface area (Å²) in [7, 11) is 18.0. The Balaban J connectivity index is 1.40. The summed E-state index contributed by atoms with van der Waals surface area (Å²) in [5.74, 6) is 0. The maximum atomic E-state index is 9.45. The number of aryl methyl sites for hydroxylation is 4. The van der Waals surface area contributed by atoms with Crippen LogP contribution in [0.3, 0.4) is 0 Å². The monoisotopic (exact) mass is 919 g/mol. The van der Waals surface area contributed by atoms with Crippen LogP contribution in [-0.4, -0.2) is 9.52 Å². The van der Waals surface area contributed by atoms with Crippen LogP contribution in [0.1, 0.15) is 119 Å².